The number of H-pyrrole nitrogens is 1. The van der Waals surface area contributed by atoms with Crippen molar-refractivity contribution in [3.05, 3.63) is 54.6 Å². The third-order valence-electron chi connectivity index (χ3n) is 4.72. The molecule has 0 bridgehead atoms. The lowest BCUT2D eigenvalue weighted by Crippen LogP contribution is -2.25. The number of fused-ring (bicyclic) bond motifs is 2. The monoisotopic (exact) mass is 484 g/mol. The topological polar surface area (TPSA) is 96.8 Å². The van der Waals surface area contributed by atoms with Crippen LogP contribution in [0.5, 0.6) is 0 Å². The summed E-state index contributed by atoms with van der Waals surface area (Å²) in [6, 6.07) is 10.9. The zero-order valence-corrected chi connectivity index (χ0v) is 21.4. The fourth-order valence-corrected chi connectivity index (χ4v) is 3.33. The number of carbonyl (C=O) groups excluding carboxylic acids is 3. The van der Waals surface area contributed by atoms with Crippen LogP contribution in [0.2, 0.25) is 0 Å². The van der Waals surface area contributed by atoms with E-state index in [2.05, 4.69) is 21.5 Å². The molecule has 0 unspecified atom stereocenters. The quantitative estimate of drug-likeness (QED) is 0.355. The Kier molecular flexibility index (Phi) is 15.7. The minimum Gasteiger partial charge on any atom is -0.360 e. The SMILES string of the molecule is C=O.C=O.CC.CC.CCCNC(=O)CCn1ncc2cc(-c3c[nH]c4cc(F)ccc34)ccc21. The van der Waals surface area contributed by atoms with E-state index in [9.17, 15) is 9.18 Å². The van der Waals surface area contributed by atoms with Crippen molar-refractivity contribution >= 4 is 41.3 Å². The Morgan fingerprint density at radius 2 is 1.74 bits per heavy atom. The van der Waals surface area contributed by atoms with Crippen LogP contribution in [0, 0.1) is 5.82 Å². The molecule has 8 heteroatoms. The van der Waals surface area contributed by atoms with E-state index in [4.69, 9.17) is 9.59 Å². The largest absolute Gasteiger partial charge is 0.360 e. The van der Waals surface area contributed by atoms with Crippen LogP contribution in [-0.4, -0.2) is 40.8 Å². The van der Waals surface area contributed by atoms with Gasteiger partial charge in [-0.3, -0.25) is 9.48 Å². The molecule has 2 aromatic heterocycles. The molecule has 2 aromatic carbocycles. The molecule has 0 aliphatic rings. The molecule has 4 aromatic rings. The summed E-state index contributed by atoms with van der Waals surface area (Å²) in [5.74, 6) is -0.209. The second kappa shape index (κ2) is 17.6. The van der Waals surface area contributed by atoms with Gasteiger partial charge in [0.05, 0.1) is 18.3 Å². The predicted octanol–water partition coefficient (Wildman–Crippen LogP) is 5.92. The number of halogens is 1. The number of hydrogen-bond acceptors (Lipinski definition) is 4. The fraction of sp³-hybridized carbons (Fsp3) is 0.333. The lowest BCUT2D eigenvalue weighted by molar-refractivity contribution is -0.121. The molecule has 0 saturated carbocycles. The lowest BCUT2D eigenvalue weighted by Gasteiger charge is -2.06. The molecule has 0 fully saturated rings. The second-order valence-electron chi connectivity index (χ2n) is 6.63. The molecule has 0 spiro atoms. The van der Waals surface area contributed by atoms with E-state index in [-0.39, 0.29) is 11.7 Å². The van der Waals surface area contributed by atoms with E-state index in [0.717, 1.165) is 39.4 Å². The van der Waals surface area contributed by atoms with E-state index in [1.54, 1.807) is 6.07 Å². The standard InChI is InChI=1S/C21H21FN4O.2C2H6.2CH2O/c1-2-8-23-21(27)7-9-26-20-6-3-14(10-15(20)12-25-26)18-13-24-19-11-16(22)4-5-17(18)19;4*1-2/h3-6,10-13,24H,2,7-9H2,1H3,(H,23,27);2*1-2H3;2*1H2. The molecule has 190 valence electrons. The van der Waals surface area contributed by atoms with E-state index in [0.29, 0.717) is 19.5 Å². The molecular formula is C27H37FN4O3. The number of aryl methyl sites for hydroxylation is 1. The normalized spacial score (nSPS) is 9.31. The maximum atomic E-state index is 13.4. The fourth-order valence-electron chi connectivity index (χ4n) is 3.33. The van der Waals surface area contributed by atoms with Gasteiger partial charge >= 0.3 is 0 Å². The van der Waals surface area contributed by atoms with Crippen LogP contribution >= 0.6 is 0 Å². The highest BCUT2D eigenvalue weighted by atomic mass is 19.1. The van der Waals surface area contributed by atoms with Crippen molar-refractivity contribution in [2.75, 3.05) is 6.54 Å². The average molecular weight is 485 g/mol. The van der Waals surface area contributed by atoms with Gasteiger partial charge in [0, 0.05) is 41.0 Å². The molecule has 0 radical (unpaired) electrons. The summed E-state index contributed by atoms with van der Waals surface area (Å²) in [6.07, 6.45) is 5.05. The first kappa shape index (κ1) is 31.2. The van der Waals surface area contributed by atoms with E-state index < -0.39 is 0 Å². The number of rotatable bonds is 6. The van der Waals surface area contributed by atoms with Gasteiger partial charge in [-0.05, 0) is 42.3 Å². The number of amides is 1. The van der Waals surface area contributed by atoms with Crippen molar-refractivity contribution in [2.45, 2.75) is 54.0 Å². The first-order valence-corrected chi connectivity index (χ1v) is 11.7. The Hall–Kier alpha value is -3.81. The zero-order chi connectivity index (χ0) is 26.8. The number of nitrogens with one attached hydrogen (secondary N) is 2. The van der Waals surface area contributed by atoms with Gasteiger partial charge in [0.1, 0.15) is 19.4 Å². The highest BCUT2D eigenvalue weighted by Gasteiger charge is 2.10. The van der Waals surface area contributed by atoms with Gasteiger partial charge in [-0.1, -0.05) is 40.7 Å². The number of carbonyl (C=O) groups is 3. The van der Waals surface area contributed by atoms with Crippen molar-refractivity contribution in [3.8, 4) is 11.1 Å². The minimum atomic E-state index is -0.254. The zero-order valence-electron chi connectivity index (χ0n) is 21.4. The number of aromatic amines is 1. The lowest BCUT2D eigenvalue weighted by atomic mass is 10.0. The molecular weight excluding hydrogens is 447 g/mol. The first-order valence-electron chi connectivity index (χ1n) is 11.7. The maximum absolute atomic E-state index is 13.4. The molecule has 2 heterocycles. The van der Waals surface area contributed by atoms with Crippen LogP contribution in [-0.2, 0) is 20.9 Å². The summed E-state index contributed by atoms with van der Waals surface area (Å²) in [7, 11) is 0. The summed E-state index contributed by atoms with van der Waals surface area (Å²) in [5.41, 5.74) is 3.84. The summed E-state index contributed by atoms with van der Waals surface area (Å²) in [4.78, 5) is 30.9. The number of aromatic nitrogens is 3. The Morgan fingerprint density at radius 1 is 1.06 bits per heavy atom. The van der Waals surface area contributed by atoms with Crippen molar-refractivity contribution in [3.63, 3.8) is 0 Å². The van der Waals surface area contributed by atoms with Gasteiger partial charge in [-0.2, -0.15) is 5.10 Å². The van der Waals surface area contributed by atoms with Crippen LogP contribution < -0.4 is 5.32 Å². The predicted molar refractivity (Wildman–Crippen MR) is 142 cm³/mol. The summed E-state index contributed by atoms with van der Waals surface area (Å²) < 4.78 is 15.3. The Labute approximate surface area is 206 Å². The molecule has 2 N–H and O–H groups in total. The molecule has 0 aliphatic heterocycles. The van der Waals surface area contributed by atoms with Gasteiger partial charge in [0.15, 0.2) is 0 Å². The summed E-state index contributed by atoms with van der Waals surface area (Å²) in [6.45, 7) is 15.3. The van der Waals surface area contributed by atoms with Crippen molar-refractivity contribution in [1.29, 1.82) is 0 Å². The van der Waals surface area contributed by atoms with Crippen LogP contribution in [0.15, 0.2) is 48.8 Å². The summed E-state index contributed by atoms with van der Waals surface area (Å²) in [5, 5.41) is 9.30. The maximum Gasteiger partial charge on any atom is 0.221 e. The smallest absolute Gasteiger partial charge is 0.221 e. The minimum absolute atomic E-state index is 0.0446. The van der Waals surface area contributed by atoms with Crippen molar-refractivity contribution in [2.24, 2.45) is 0 Å². The average Bonchev–Trinajstić information content (AvgIpc) is 3.54. The number of nitrogens with zero attached hydrogens (tertiary/aromatic N) is 2. The van der Waals surface area contributed by atoms with Gasteiger partial charge < -0.3 is 19.9 Å². The van der Waals surface area contributed by atoms with Crippen molar-refractivity contribution in [1.82, 2.24) is 20.1 Å². The van der Waals surface area contributed by atoms with Crippen LogP contribution in [0.3, 0.4) is 0 Å². The first-order chi connectivity index (χ1) is 17.2. The molecule has 4 rings (SSSR count). The summed E-state index contributed by atoms with van der Waals surface area (Å²) >= 11 is 0. The highest BCUT2D eigenvalue weighted by molar-refractivity contribution is 5.97. The molecule has 0 aliphatic carbocycles. The Bertz CT molecular complexity index is 1150. The van der Waals surface area contributed by atoms with Crippen LogP contribution in [0.25, 0.3) is 32.9 Å². The van der Waals surface area contributed by atoms with Gasteiger partial charge in [-0.15, -0.1) is 0 Å². The Balaban J connectivity index is 0.00000132. The molecule has 0 saturated heterocycles. The van der Waals surface area contributed by atoms with Gasteiger partial charge in [-0.25, -0.2) is 4.39 Å². The number of hydrogen-bond donors (Lipinski definition) is 2. The number of benzene rings is 2. The van der Waals surface area contributed by atoms with E-state index in [1.165, 1.54) is 12.1 Å². The Morgan fingerprint density at radius 3 is 2.40 bits per heavy atom. The van der Waals surface area contributed by atoms with Gasteiger partial charge in [0.2, 0.25) is 5.91 Å². The van der Waals surface area contributed by atoms with Crippen molar-refractivity contribution < 1.29 is 18.8 Å². The molecule has 7 nitrogen and oxygen atoms in total. The molecule has 0 atom stereocenters. The second-order valence-corrected chi connectivity index (χ2v) is 6.63. The molecule has 35 heavy (non-hydrogen) atoms. The van der Waals surface area contributed by atoms with Crippen LogP contribution in [0.4, 0.5) is 4.39 Å². The van der Waals surface area contributed by atoms with Crippen LogP contribution in [0.1, 0.15) is 47.5 Å². The third kappa shape index (κ3) is 8.48. The molecule has 1 amide bonds. The van der Waals surface area contributed by atoms with E-state index in [1.807, 2.05) is 77.4 Å². The van der Waals surface area contributed by atoms with Gasteiger partial charge in [0.25, 0.3) is 0 Å². The third-order valence-corrected chi connectivity index (χ3v) is 4.72. The van der Waals surface area contributed by atoms with E-state index >= 15 is 0 Å². The highest BCUT2D eigenvalue weighted by Crippen LogP contribution is 2.31.